The van der Waals surface area contributed by atoms with E-state index in [2.05, 4.69) is 41.8 Å². The zero-order valence-electron chi connectivity index (χ0n) is 14.1. The van der Waals surface area contributed by atoms with Crippen LogP contribution in [0.5, 0.6) is 0 Å². The summed E-state index contributed by atoms with van der Waals surface area (Å²) in [6.07, 6.45) is 0.897. The number of hydrogen-bond donors (Lipinski definition) is 2. The maximum atomic E-state index is 12.4. The molecule has 2 N–H and O–H groups in total. The van der Waals surface area contributed by atoms with Crippen molar-refractivity contribution in [2.24, 2.45) is 0 Å². The van der Waals surface area contributed by atoms with Crippen LogP contribution in [0.1, 0.15) is 18.1 Å². The van der Waals surface area contributed by atoms with Gasteiger partial charge in [-0.05, 0) is 35.9 Å². The number of para-hydroxylation sites is 1. The zero-order valence-corrected chi connectivity index (χ0v) is 14.1. The number of hydrogen-bond acceptors (Lipinski definition) is 2. The molecular weight excluding hydrogens is 296 g/mol. The molecule has 0 aliphatic rings. The summed E-state index contributed by atoms with van der Waals surface area (Å²) in [4.78, 5) is 12.4. The standard InChI is InChI=1S/C21H22N2O/c1-3-16-10-6-8-15(2)21(16)23-20(24)14-22-19-13-7-11-17-9-4-5-12-18(17)19/h4-13,22H,3,14H2,1-2H3,(H,23,24). The molecule has 0 saturated heterocycles. The smallest absolute Gasteiger partial charge is 0.243 e. The van der Waals surface area contributed by atoms with Gasteiger partial charge in [0.15, 0.2) is 0 Å². The molecule has 122 valence electrons. The Morgan fingerprint density at radius 1 is 0.958 bits per heavy atom. The summed E-state index contributed by atoms with van der Waals surface area (Å²) in [6.45, 7) is 4.36. The van der Waals surface area contributed by atoms with Crippen molar-refractivity contribution in [3.05, 3.63) is 71.8 Å². The first-order valence-electron chi connectivity index (χ1n) is 8.29. The number of anilines is 2. The molecule has 3 rings (SSSR count). The van der Waals surface area contributed by atoms with Crippen molar-refractivity contribution in [2.45, 2.75) is 20.3 Å². The van der Waals surface area contributed by atoms with Gasteiger partial charge in [0.1, 0.15) is 0 Å². The van der Waals surface area contributed by atoms with E-state index in [4.69, 9.17) is 0 Å². The molecule has 0 fully saturated rings. The molecule has 24 heavy (non-hydrogen) atoms. The Labute approximate surface area is 142 Å². The van der Waals surface area contributed by atoms with Crippen LogP contribution in [0, 0.1) is 6.92 Å². The van der Waals surface area contributed by atoms with Gasteiger partial charge in [-0.1, -0.05) is 61.5 Å². The third-order valence-corrected chi connectivity index (χ3v) is 4.23. The molecule has 0 aromatic heterocycles. The van der Waals surface area contributed by atoms with Gasteiger partial charge in [0, 0.05) is 16.8 Å². The lowest BCUT2D eigenvalue weighted by Gasteiger charge is -2.14. The van der Waals surface area contributed by atoms with Gasteiger partial charge in [-0.25, -0.2) is 0 Å². The number of nitrogens with one attached hydrogen (secondary N) is 2. The van der Waals surface area contributed by atoms with Crippen molar-refractivity contribution < 1.29 is 4.79 Å². The van der Waals surface area contributed by atoms with Crippen LogP contribution >= 0.6 is 0 Å². The van der Waals surface area contributed by atoms with Gasteiger partial charge >= 0.3 is 0 Å². The van der Waals surface area contributed by atoms with Crippen molar-refractivity contribution in [3.63, 3.8) is 0 Å². The zero-order chi connectivity index (χ0) is 16.9. The summed E-state index contributed by atoms with van der Waals surface area (Å²) in [5.41, 5.74) is 4.16. The first-order chi connectivity index (χ1) is 11.7. The molecule has 3 heteroatoms. The van der Waals surface area contributed by atoms with E-state index in [1.165, 1.54) is 0 Å². The minimum atomic E-state index is -0.0352. The monoisotopic (exact) mass is 318 g/mol. The molecule has 0 aliphatic carbocycles. The molecule has 0 bridgehead atoms. The number of benzene rings is 3. The summed E-state index contributed by atoms with van der Waals surface area (Å²) in [7, 11) is 0. The van der Waals surface area contributed by atoms with E-state index in [0.717, 1.165) is 39.7 Å². The maximum absolute atomic E-state index is 12.4. The molecule has 3 nitrogen and oxygen atoms in total. The Morgan fingerprint density at radius 2 is 1.71 bits per heavy atom. The largest absolute Gasteiger partial charge is 0.376 e. The van der Waals surface area contributed by atoms with Crippen LogP contribution in [0.3, 0.4) is 0 Å². The fourth-order valence-corrected chi connectivity index (χ4v) is 2.94. The fraction of sp³-hybridized carbons (Fsp3) is 0.190. The van der Waals surface area contributed by atoms with E-state index in [0.29, 0.717) is 0 Å². The van der Waals surface area contributed by atoms with Crippen LogP contribution in [-0.2, 0) is 11.2 Å². The summed E-state index contributed by atoms with van der Waals surface area (Å²) in [5.74, 6) is -0.0352. The second kappa shape index (κ2) is 7.18. The minimum absolute atomic E-state index is 0.0352. The van der Waals surface area contributed by atoms with Crippen LogP contribution in [0.2, 0.25) is 0 Å². The molecule has 0 unspecified atom stereocenters. The predicted octanol–water partition coefficient (Wildman–Crippen LogP) is 4.76. The molecule has 0 saturated carbocycles. The lowest BCUT2D eigenvalue weighted by molar-refractivity contribution is -0.114. The topological polar surface area (TPSA) is 41.1 Å². The number of aryl methyl sites for hydroxylation is 2. The number of amides is 1. The summed E-state index contributed by atoms with van der Waals surface area (Å²) in [6, 6.07) is 20.3. The van der Waals surface area contributed by atoms with Gasteiger partial charge in [0.25, 0.3) is 0 Å². The lowest BCUT2D eigenvalue weighted by atomic mass is 10.1. The van der Waals surface area contributed by atoms with Gasteiger partial charge in [-0.2, -0.15) is 0 Å². The normalized spacial score (nSPS) is 10.6. The van der Waals surface area contributed by atoms with E-state index in [-0.39, 0.29) is 12.5 Å². The van der Waals surface area contributed by atoms with Crippen molar-refractivity contribution in [2.75, 3.05) is 17.2 Å². The highest BCUT2D eigenvalue weighted by molar-refractivity contribution is 5.98. The minimum Gasteiger partial charge on any atom is -0.376 e. The van der Waals surface area contributed by atoms with Gasteiger partial charge < -0.3 is 10.6 Å². The van der Waals surface area contributed by atoms with Gasteiger partial charge in [-0.15, -0.1) is 0 Å². The molecular formula is C21H22N2O. The SMILES string of the molecule is CCc1cccc(C)c1NC(=O)CNc1cccc2ccccc12. The van der Waals surface area contributed by atoms with Gasteiger partial charge in [0.2, 0.25) is 5.91 Å². The van der Waals surface area contributed by atoms with Gasteiger partial charge in [-0.3, -0.25) is 4.79 Å². The van der Waals surface area contributed by atoms with Crippen LogP contribution in [-0.4, -0.2) is 12.5 Å². The van der Waals surface area contributed by atoms with Crippen molar-refractivity contribution in [1.29, 1.82) is 0 Å². The Kier molecular flexibility index (Phi) is 4.80. The summed E-state index contributed by atoms with van der Waals surface area (Å²) >= 11 is 0. The predicted molar refractivity (Wildman–Crippen MR) is 102 cm³/mol. The Hall–Kier alpha value is -2.81. The fourth-order valence-electron chi connectivity index (χ4n) is 2.94. The molecule has 3 aromatic rings. The third kappa shape index (κ3) is 3.40. The highest BCUT2D eigenvalue weighted by atomic mass is 16.1. The molecule has 0 aliphatic heterocycles. The second-order valence-electron chi connectivity index (χ2n) is 5.89. The third-order valence-electron chi connectivity index (χ3n) is 4.23. The molecule has 0 atom stereocenters. The number of carbonyl (C=O) groups excluding carboxylic acids is 1. The second-order valence-corrected chi connectivity index (χ2v) is 5.89. The summed E-state index contributed by atoms with van der Waals surface area (Å²) in [5, 5.41) is 8.58. The highest BCUT2D eigenvalue weighted by Gasteiger charge is 2.09. The van der Waals surface area contributed by atoms with Crippen molar-refractivity contribution in [1.82, 2.24) is 0 Å². The van der Waals surface area contributed by atoms with Crippen molar-refractivity contribution in [3.8, 4) is 0 Å². The van der Waals surface area contributed by atoms with Crippen molar-refractivity contribution >= 4 is 28.1 Å². The van der Waals surface area contributed by atoms with Crippen LogP contribution < -0.4 is 10.6 Å². The van der Waals surface area contributed by atoms with Crippen LogP contribution in [0.4, 0.5) is 11.4 Å². The quantitative estimate of drug-likeness (QED) is 0.712. The first-order valence-corrected chi connectivity index (χ1v) is 8.29. The average Bonchev–Trinajstić information content (AvgIpc) is 2.61. The van der Waals surface area contributed by atoms with E-state index in [1.807, 2.05) is 43.3 Å². The Balaban J connectivity index is 1.72. The van der Waals surface area contributed by atoms with E-state index in [9.17, 15) is 4.79 Å². The van der Waals surface area contributed by atoms with E-state index < -0.39 is 0 Å². The average molecular weight is 318 g/mol. The number of fused-ring (bicyclic) bond motifs is 1. The van der Waals surface area contributed by atoms with Crippen LogP contribution in [0.15, 0.2) is 60.7 Å². The number of carbonyl (C=O) groups is 1. The first kappa shape index (κ1) is 16.1. The molecule has 0 radical (unpaired) electrons. The highest BCUT2D eigenvalue weighted by Crippen LogP contribution is 2.23. The van der Waals surface area contributed by atoms with E-state index in [1.54, 1.807) is 0 Å². The molecule has 1 amide bonds. The van der Waals surface area contributed by atoms with Gasteiger partial charge in [0.05, 0.1) is 6.54 Å². The molecule has 0 spiro atoms. The number of rotatable bonds is 5. The maximum Gasteiger partial charge on any atom is 0.243 e. The van der Waals surface area contributed by atoms with Crippen LogP contribution in [0.25, 0.3) is 10.8 Å². The summed E-state index contributed by atoms with van der Waals surface area (Å²) < 4.78 is 0. The van der Waals surface area contributed by atoms with E-state index >= 15 is 0 Å². The lowest BCUT2D eigenvalue weighted by Crippen LogP contribution is -2.23. The molecule has 0 heterocycles. The molecule has 3 aromatic carbocycles. The Bertz CT molecular complexity index is 865. The Morgan fingerprint density at radius 3 is 2.54 bits per heavy atom.